The van der Waals surface area contributed by atoms with Crippen molar-refractivity contribution in [1.29, 1.82) is 0 Å². The highest BCUT2D eigenvalue weighted by molar-refractivity contribution is 7.90. The van der Waals surface area contributed by atoms with Crippen molar-refractivity contribution >= 4 is 22.0 Å². The Labute approximate surface area is 100 Å². The van der Waals surface area contributed by atoms with Crippen LogP contribution in [0.5, 0.6) is 0 Å². The lowest BCUT2D eigenvalue weighted by Gasteiger charge is -2.25. The number of ether oxygens (including phenoxy) is 1. The van der Waals surface area contributed by atoms with E-state index in [0.717, 1.165) is 7.11 Å². The molecule has 0 saturated carbocycles. The molecule has 0 aliphatic rings. The molecule has 100 valence electrons. The Bertz CT molecular complexity index is 400. The fourth-order valence-corrected chi connectivity index (χ4v) is 2.55. The summed E-state index contributed by atoms with van der Waals surface area (Å²) >= 11 is 0. The molecule has 0 aromatic carbocycles. The number of sulfonamides is 1. The molecule has 0 fully saturated rings. The van der Waals surface area contributed by atoms with Crippen molar-refractivity contribution in [2.45, 2.75) is 38.0 Å². The summed E-state index contributed by atoms with van der Waals surface area (Å²) in [6.07, 6.45) is -0.389. The van der Waals surface area contributed by atoms with Gasteiger partial charge < -0.3 is 9.84 Å². The van der Waals surface area contributed by atoms with Crippen molar-refractivity contribution in [2.75, 3.05) is 7.11 Å². The maximum Gasteiger partial charge on any atom is 0.325 e. The molecule has 1 atom stereocenters. The third kappa shape index (κ3) is 5.14. The SMILES string of the molecule is COC(=O)C(C)S(=O)(=O)NC(C)(C)CC(=O)O. The van der Waals surface area contributed by atoms with Crippen LogP contribution in [0.4, 0.5) is 0 Å². The lowest BCUT2D eigenvalue weighted by Crippen LogP contribution is -2.49. The Hall–Kier alpha value is -1.15. The van der Waals surface area contributed by atoms with E-state index < -0.39 is 32.8 Å². The predicted octanol–water partition coefficient (Wildman–Crippen LogP) is -0.279. The number of hydrogen-bond acceptors (Lipinski definition) is 5. The van der Waals surface area contributed by atoms with E-state index in [2.05, 4.69) is 9.46 Å². The number of carboxylic acid groups (broad SMARTS) is 1. The van der Waals surface area contributed by atoms with E-state index in [1.165, 1.54) is 20.8 Å². The van der Waals surface area contributed by atoms with E-state index in [1.807, 2.05) is 0 Å². The van der Waals surface area contributed by atoms with Gasteiger partial charge in [-0.3, -0.25) is 9.59 Å². The highest BCUT2D eigenvalue weighted by Gasteiger charge is 2.34. The van der Waals surface area contributed by atoms with E-state index >= 15 is 0 Å². The van der Waals surface area contributed by atoms with Gasteiger partial charge in [0.2, 0.25) is 10.0 Å². The number of carbonyl (C=O) groups excluding carboxylic acids is 1. The summed E-state index contributed by atoms with van der Waals surface area (Å²) in [6, 6.07) is 0. The van der Waals surface area contributed by atoms with Crippen molar-refractivity contribution in [3.63, 3.8) is 0 Å². The molecule has 0 aromatic rings. The maximum absolute atomic E-state index is 11.7. The first kappa shape index (κ1) is 15.9. The van der Waals surface area contributed by atoms with E-state index in [-0.39, 0.29) is 6.42 Å². The summed E-state index contributed by atoms with van der Waals surface area (Å²) < 4.78 is 29.9. The van der Waals surface area contributed by atoms with Crippen LogP contribution in [0.3, 0.4) is 0 Å². The predicted molar refractivity (Wildman–Crippen MR) is 59.9 cm³/mol. The van der Waals surface area contributed by atoms with Gasteiger partial charge in [0.15, 0.2) is 5.25 Å². The summed E-state index contributed by atoms with van der Waals surface area (Å²) in [5.41, 5.74) is -1.17. The number of methoxy groups -OCH3 is 1. The van der Waals surface area contributed by atoms with Crippen LogP contribution in [-0.2, 0) is 24.3 Å². The summed E-state index contributed by atoms with van der Waals surface area (Å²) in [5, 5.41) is 7.23. The summed E-state index contributed by atoms with van der Waals surface area (Å²) in [5.74, 6) is -2.04. The van der Waals surface area contributed by atoms with Gasteiger partial charge in [-0.2, -0.15) is 0 Å². The van der Waals surface area contributed by atoms with E-state index in [4.69, 9.17) is 5.11 Å². The minimum atomic E-state index is -3.96. The van der Waals surface area contributed by atoms with Crippen molar-refractivity contribution in [3.05, 3.63) is 0 Å². The van der Waals surface area contributed by atoms with Gasteiger partial charge in [0.25, 0.3) is 0 Å². The Kier molecular flexibility index (Phi) is 5.09. The summed E-state index contributed by atoms with van der Waals surface area (Å²) in [4.78, 5) is 21.6. The highest BCUT2D eigenvalue weighted by Crippen LogP contribution is 2.13. The highest BCUT2D eigenvalue weighted by atomic mass is 32.2. The number of aliphatic carboxylic acids is 1. The van der Waals surface area contributed by atoms with Crippen LogP contribution in [0.2, 0.25) is 0 Å². The fraction of sp³-hybridized carbons (Fsp3) is 0.778. The third-order valence-corrected chi connectivity index (χ3v) is 3.97. The lowest BCUT2D eigenvalue weighted by atomic mass is 10.0. The average molecular weight is 267 g/mol. The Morgan fingerprint density at radius 2 is 1.88 bits per heavy atom. The Morgan fingerprint density at radius 1 is 1.41 bits per heavy atom. The molecular formula is C9H17NO6S. The van der Waals surface area contributed by atoms with Gasteiger partial charge in [-0.15, -0.1) is 0 Å². The first-order valence-electron chi connectivity index (χ1n) is 4.84. The van der Waals surface area contributed by atoms with E-state index in [0.29, 0.717) is 0 Å². The second-order valence-corrected chi connectivity index (χ2v) is 6.27. The molecule has 1 unspecified atom stereocenters. The van der Waals surface area contributed by atoms with Crippen molar-refractivity contribution in [1.82, 2.24) is 4.72 Å². The molecule has 0 rings (SSSR count). The molecule has 17 heavy (non-hydrogen) atoms. The minimum Gasteiger partial charge on any atom is -0.481 e. The summed E-state index contributed by atoms with van der Waals surface area (Å²) in [6.45, 7) is 4.01. The Morgan fingerprint density at radius 3 is 2.24 bits per heavy atom. The first-order valence-corrected chi connectivity index (χ1v) is 6.39. The summed E-state index contributed by atoms with van der Waals surface area (Å²) in [7, 11) is -2.88. The Balaban J connectivity index is 4.87. The van der Waals surface area contributed by atoms with Crippen LogP contribution in [0.15, 0.2) is 0 Å². The normalized spacial score (nSPS) is 14.1. The van der Waals surface area contributed by atoms with Gasteiger partial charge in [-0.05, 0) is 20.8 Å². The van der Waals surface area contributed by atoms with Crippen LogP contribution in [-0.4, -0.2) is 43.4 Å². The molecule has 0 aliphatic carbocycles. The molecular weight excluding hydrogens is 250 g/mol. The number of hydrogen-bond donors (Lipinski definition) is 2. The van der Waals surface area contributed by atoms with Crippen LogP contribution in [0, 0.1) is 0 Å². The zero-order valence-corrected chi connectivity index (χ0v) is 11.0. The van der Waals surface area contributed by atoms with Gasteiger partial charge in [0.05, 0.1) is 13.5 Å². The zero-order valence-electron chi connectivity index (χ0n) is 10.2. The second-order valence-electron chi connectivity index (χ2n) is 4.27. The van der Waals surface area contributed by atoms with Crippen LogP contribution in [0.25, 0.3) is 0 Å². The quantitative estimate of drug-likeness (QED) is 0.640. The fourth-order valence-electron chi connectivity index (χ4n) is 1.18. The standard InChI is InChI=1S/C9H17NO6S/c1-6(8(13)16-4)17(14,15)10-9(2,3)5-7(11)12/h6,10H,5H2,1-4H3,(H,11,12). The minimum absolute atomic E-state index is 0.389. The molecule has 8 heteroatoms. The van der Waals surface area contributed by atoms with Gasteiger partial charge in [-0.1, -0.05) is 0 Å². The van der Waals surface area contributed by atoms with Crippen molar-refractivity contribution in [2.24, 2.45) is 0 Å². The first-order chi connectivity index (χ1) is 7.52. The molecule has 0 aromatic heterocycles. The van der Waals surface area contributed by atoms with E-state index in [1.54, 1.807) is 0 Å². The number of carboxylic acids is 1. The smallest absolute Gasteiger partial charge is 0.325 e. The van der Waals surface area contributed by atoms with Crippen LogP contribution < -0.4 is 4.72 Å². The third-order valence-electron chi connectivity index (χ3n) is 2.01. The molecule has 0 aliphatic heterocycles. The molecule has 0 saturated heterocycles. The second kappa shape index (κ2) is 5.46. The number of nitrogens with one attached hydrogen (secondary N) is 1. The van der Waals surface area contributed by atoms with Gasteiger partial charge in [0.1, 0.15) is 0 Å². The molecule has 0 amide bonds. The van der Waals surface area contributed by atoms with Crippen LogP contribution >= 0.6 is 0 Å². The molecule has 7 nitrogen and oxygen atoms in total. The molecule has 0 spiro atoms. The zero-order chi connectivity index (χ0) is 13.9. The van der Waals surface area contributed by atoms with Crippen LogP contribution in [0.1, 0.15) is 27.2 Å². The topological polar surface area (TPSA) is 110 Å². The molecule has 2 N–H and O–H groups in total. The van der Waals surface area contributed by atoms with Gasteiger partial charge in [0, 0.05) is 5.54 Å². The van der Waals surface area contributed by atoms with Gasteiger partial charge >= 0.3 is 11.9 Å². The largest absolute Gasteiger partial charge is 0.481 e. The maximum atomic E-state index is 11.7. The lowest BCUT2D eigenvalue weighted by molar-refractivity contribution is -0.140. The van der Waals surface area contributed by atoms with Gasteiger partial charge in [-0.25, -0.2) is 13.1 Å². The number of esters is 1. The van der Waals surface area contributed by atoms with E-state index in [9.17, 15) is 18.0 Å². The average Bonchev–Trinajstić information content (AvgIpc) is 2.11. The molecule has 0 radical (unpaired) electrons. The van der Waals surface area contributed by atoms with Crippen molar-refractivity contribution in [3.8, 4) is 0 Å². The molecule has 0 heterocycles. The number of rotatable bonds is 6. The monoisotopic (exact) mass is 267 g/mol. The number of carbonyl (C=O) groups is 2. The van der Waals surface area contributed by atoms with Crippen molar-refractivity contribution < 1.29 is 27.9 Å². The molecule has 0 bridgehead atoms.